The van der Waals surface area contributed by atoms with Gasteiger partial charge in [0.15, 0.2) is 5.82 Å². The van der Waals surface area contributed by atoms with Crippen LogP contribution in [0.1, 0.15) is 23.8 Å². The molecule has 7 nitrogen and oxygen atoms in total. The van der Waals surface area contributed by atoms with Crippen molar-refractivity contribution in [2.45, 2.75) is 19.4 Å². The van der Waals surface area contributed by atoms with Gasteiger partial charge in [0, 0.05) is 13.1 Å². The minimum Gasteiger partial charge on any atom is -0.391 e. The average Bonchev–Trinajstić information content (AvgIpc) is 2.41. The summed E-state index contributed by atoms with van der Waals surface area (Å²) in [6, 6.07) is 0. The Kier molecular flexibility index (Phi) is 3.73. The van der Waals surface area contributed by atoms with Crippen molar-refractivity contribution in [3.63, 3.8) is 0 Å². The first-order valence-electron chi connectivity index (χ1n) is 5.88. The lowest BCUT2D eigenvalue weighted by Gasteiger charge is -2.33. The van der Waals surface area contributed by atoms with E-state index in [1.54, 1.807) is 4.90 Å². The molecule has 1 aliphatic rings. The molecule has 1 fully saturated rings. The molecule has 2 heterocycles. The third kappa shape index (κ3) is 2.57. The number of piperidine rings is 1. The van der Waals surface area contributed by atoms with Gasteiger partial charge >= 0.3 is 0 Å². The SMILES string of the molecule is CC1CCN(C(=O)c2cnc(NN)cn2)CC1O. The first-order valence-corrected chi connectivity index (χ1v) is 5.88. The Morgan fingerprint density at radius 2 is 2.33 bits per heavy atom. The second-order valence-corrected chi connectivity index (χ2v) is 4.52. The molecule has 0 spiro atoms. The van der Waals surface area contributed by atoms with Gasteiger partial charge in [-0.2, -0.15) is 0 Å². The number of aliphatic hydroxyl groups is 1. The number of carbonyl (C=O) groups excluding carboxylic acids is 1. The Bertz CT molecular complexity index is 422. The normalized spacial score (nSPS) is 23.8. The Morgan fingerprint density at radius 3 is 2.89 bits per heavy atom. The Hall–Kier alpha value is -1.73. The van der Waals surface area contributed by atoms with E-state index in [1.165, 1.54) is 12.4 Å². The largest absolute Gasteiger partial charge is 0.391 e. The number of rotatable bonds is 2. The van der Waals surface area contributed by atoms with Crippen LogP contribution in [0.4, 0.5) is 5.82 Å². The van der Waals surface area contributed by atoms with Gasteiger partial charge in [0.05, 0.1) is 18.5 Å². The van der Waals surface area contributed by atoms with E-state index in [9.17, 15) is 9.90 Å². The fourth-order valence-electron chi connectivity index (χ4n) is 1.91. The van der Waals surface area contributed by atoms with Crippen LogP contribution in [-0.2, 0) is 0 Å². The van der Waals surface area contributed by atoms with Gasteiger partial charge < -0.3 is 15.4 Å². The van der Waals surface area contributed by atoms with E-state index in [4.69, 9.17) is 5.84 Å². The van der Waals surface area contributed by atoms with Gasteiger partial charge in [-0.3, -0.25) is 4.79 Å². The van der Waals surface area contributed by atoms with Gasteiger partial charge in [-0.25, -0.2) is 15.8 Å². The van der Waals surface area contributed by atoms with E-state index in [-0.39, 0.29) is 17.5 Å². The predicted molar refractivity (Wildman–Crippen MR) is 65.5 cm³/mol. The average molecular weight is 251 g/mol. The Labute approximate surface area is 105 Å². The van der Waals surface area contributed by atoms with E-state index < -0.39 is 6.10 Å². The van der Waals surface area contributed by atoms with Crippen molar-refractivity contribution in [2.75, 3.05) is 18.5 Å². The summed E-state index contributed by atoms with van der Waals surface area (Å²) >= 11 is 0. The van der Waals surface area contributed by atoms with Crippen LogP contribution in [-0.4, -0.2) is 45.1 Å². The molecule has 2 rings (SSSR count). The van der Waals surface area contributed by atoms with Crippen LogP contribution in [0.3, 0.4) is 0 Å². The van der Waals surface area contributed by atoms with Crippen molar-refractivity contribution in [1.29, 1.82) is 0 Å². The molecular weight excluding hydrogens is 234 g/mol. The first-order chi connectivity index (χ1) is 8.61. The topological polar surface area (TPSA) is 104 Å². The number of aliphatic hydroxyl groups excluding tert-OH is 1. The number of hydrogen-bond donors (Lipinski definition) is 3. The minimum absolute atomic E-state index is 0.211. The number of nitrogens with one attached hydrogen (secondary N) is 1. The molecule has 18 heavy (non-hydrogen) atoms. The molecule has 0 bridgehead atoms. The molecule has 1 aromatic heterocycles. The number of likely N-dealkylation sites (tertiary alicyclic amines) is 1. The fourth-order valence-corrected chi connectivity index (χ4v) is 1.91. The van der Waals surface area contributed by atoms with E-state index in [0.29, 0.717) is 18.9 Å². The summed E-state index contributed by atoms with van der Waals surface area (Å²) in [6.45, 7) is 2.96. The summed E-state index contributed by atoms with van der Waals surface area (Å²) < 4.78 is 0. The maximum atomic E-state index is 12.1. The molecule has 0 saturated carbocycles. The standard InChI is InChI=1S/C11H17N5O2/c1-7-2-3-16(6-9(7)17)11(18)8-4-14-10(15-12)5-13-8/h4-5,7,9,17H,2-3,6,12H2,1H3,(H,14,15). The van der Waals surface area contributed by atoms with Crippen LogP contribution in [0.2, 0.25) is 0 Å². The molecule has 98 valence electrons. The van der Waals surface area contributed by atoms with E-state index in [0.717, 1.165) is 6.42 Å². The van der Waals surface area contributed by atoms with Crippen molar-refractivity contribution in [3.8, 4) is 0 Å². The number of hydrogen-bond acceptors (Lipinski definition) is 6. The molecule has 2 unspecified atom stereocenters. The quantitative estimate of drug-likeness (QED) is 0.488. The molecule has 7 heteroatoms. The van der Waals surface area contributed by atoms with Gasteiger partial charge in [-0.1, -0.05) is 6.92 Å². The molecule has 1 amide bonds. The van der Waals surface area contributed by atoms with Crippen LogP contribution in [0, 0.1) is 5.92 Å². The predicted octanol–water partition coefficient (Wildman–Crippen LogP) is -0.395. The van der Waals surface area contributed by atoms with Crippen molar-refractivity contribution in [3.05, 3.63) is 18.1 Å². The number of nitrogens with two attached hydrogens (primary N) is 1. The van der Waals surface area contributed by atoms with Crippen LogP contribution in [0.5, 0.6) is 0 Å². The molecule has 2 atom stereocenters. The summed E-state index contributed by atoms with van der Waals surface area (Å²) in [5.74, 6) is 5.59. The smallest absolute Gasteiger partial charge is 0.274 e. The van der Waals surface area contributed by atoms with Gasteiger partial charge in [-0.15, -0.1) is 0 Å². The van der Waals surface area contributed by atoms with Gasteiger partial charge in [-0.05, 0) is 12.3 Å². The zero-order valence-corrected chi connectivity index (χ0v) is 10.2. The second-order valence-electron chi connectivity index (χ2n) is 4.52. The zero-order valence-electron chi connectivity index (χ0n) is 10.2. The Balaban J connectivity index is 2.06. The summed E-state index contributed by atoms with van der Waals surface area (Å²) in [5, 5.41) is 9.77. The highest BCUT2D eigenvalue weighted by Crippen LogP contribution is 2.18. The maximum absolute atomic E-state index is 12.1. The highest BCUT2D eigenvalue weighted by Gasteiger charge is 2.28. The molecule has 4 N–H and O–H groups in total. The van der Waals surface area contributed by atoms with E-state index >= 15 is 0 Å². The fraction of sp³-hybridized carbons (Fsp3) is 0.545. The maximum Gasteiger partial charge on any atom is 0.274 e. The van der Waals surface area contributed by atoms with E-state index in [2.05, 4.69) is 15.4 Å². The molecule has 0 aromatic carbocycles. The summed E-state index contributed by atoms with van der Waals surface area (Å²) in [4.78, 5) is 21.6. The lowest BCUT2D eigenvalue weighted by atomic mass is 9.96. The first kappa shape index (κ1) is 12.7. The summed E-state index contributed by atoms with van der Waals surface area (Å²) in [7, 11) is 0. The minimum atomic E-state index is -0.472. The molecule has 1 saturated heterocycles. The van der Waals surface area contributed by atoms with Crippen LogP contribution < -0.4 is 11.3 Å². The monoisotopic (exact) mass is 251 g/mol. The molecule has 1 aromatic rings. The lowest BCUT2D eigenvalue weighted by molar-refractivity contribution is 0.0245. The Morgan fingerprint density at radius 1 is 1.56 bits per heavy atom. The third-order valence-electron chi connectivity index (χ3n) is 3.22. The van der Waals surface area contributed by atoms with Gasteiger partial charge in [0.1, 0.15) is 5.69 Å². The number of hydrazine groups is 1. The summed E-state index contributed by atoms with van der Waals surface area (Å²) in [5.41, 5.74) is 2.61. The number of nitrogen functional groups attached to an aromatic ring is 1. The molecule has 1 aliphatic heterocycles. The van der Waals surface area contributed by atoms with Crippen molar-refractivity contribution in [1.82, 2.24) is 14.9 Å². The zero-order chi connectivity index (χ0) is 13.1. The highest BCUT2D eigenvalue weighted by atomic mass is 16.3. The van der Waals surface area contributed by atoms with Crippen LogP contribution in [0.15, 0.2) is 12.4 Å². The lowest BCUT2D eigenvalue weighted by Crippen LogP contribution is -2.46. The van der Waals surface area contributed by atoms with Gasteiger partial charge in [0.25, 0.3) is 5.91 Å². The van der Waals surface area contributed by atoms with Crippen molar-refractivity contribution >= 4 is 11.7 Å². The molecule has 0 radical (unpaired) electrons. The molecule has 0 aliphatic carbocycles. The number of anilines is 1. The number of β-amino-alcohol motifs (C(OH)–C–C–N with tert-alkyl or cyclic N) is 1. The number of carbonyl (C=O) groups is 1. The van der Waals surface area contributed by atoms with Gasteiger partial charge in [0.2, 0.25) is 0 Å². The third-order valence-corrected chi connectivity index (χ3v) is 3.22. The second kappa shape index (κ2) is 5.28. The molecular formula is C11H17N5O2. The number of nitrogens with zero attached hydrogens (tertiary/aromatic N) is 3. The van der Waals surface area contributed by atoms with Crippen LogP contribution in [0.25, 0.3) is 0 Å². The summed E-state index contributed by atoms with van der Waals surface area (Å²) in [6.07, 6.45) is 3.10. The van der Waals surface area contributed by atoms with Crippen molar-refractivity contribution in [2.24, 2.45) is 11.8 Å². The number of amides is 1. The number of aromatic nitrogens is 2. The van der Waals surface area contributed by atoms with E-state index in [1.807, 2.05) is 6.92 Å². The van der Waals surface area contributed by atoms with Crippen LogP contribution >= 0.6 is 0 Å². The van der Waals surface area contributed by atoms with Crippen molar-refractivity contribution < 1.29 is 9.90 Å². The highest BCUT2D eigenvalue weighted by molar-refractivity contribution is 5.92.